The van der Waals surface area contributed by atoms with Crippen molar-refractivity contribution in [1.82, 2.24) is 15.5 Å². The zero-order chi connectivity index (χ0) is 12.2. The van der Waals surface area contributed by atoms with Crippen LogP contribution in [0.5, 0.6) is 0 Å². The van der Waals surface area contributed by atoms with Gasteiger partial charge in [0.25, 0.3) is 0 Å². The first kappa shape index (κ1) is 12.7. The van der Waals surface area contributed by atoms with E-state index in [-0.39, 0.29) is 11.3 Å². The van der Waals surface area contributed by atoms with E-state index < -0.39 is 0 Å². The van der Waals surface area contributed by atoms with Crippen LogP contribution in [0.4, 0.5) is 0 Å². The van der Waals surface area contributed by atoms with Crippen LogP contribution >= 0.6 is 0 Å². The fraction of sp³-hybridized carbons (Fsp3) is 0.667. The Morgan fingerprint density at radius 2 is 2.25 bits per heavy atom. The molecule has 1 aromatic rings. The molecular weight excluding hydrogens is 202 g/mol. The fourth-order valence-corrected chi connectivity index (χ4v) is 1.23. The van der Waals surface area contributed by atoms with Gasteiger partial charge < -0.3 is 5.32 Å². The summed E-state index contributed by atoms with van der Waals surface area (Å²) in [7, 11) is 0. The van der Waals surface area contributed by atoms with E-state index in [2.05, 4.69) is 43.2 Å². The van der Waals surface area contributed by atoms with E-state index in [4.69, 9.17) is 0 Å². The first-order valence-corrected chi connectivity index (χ1v) is 5.64. The largest absolute Gasteiger partial charge is 0.350 e. The van der Waals surface area contributed by atoms with Crippen molar-refractivity contribution in [2.75, 3.05) is 0 Å². The predicted molar refractivity (Wildman–Crippen MR) is 63.7 cm³/mol. The molecule has 4 nitrogen and oxygen atoms in total. The third-order valence-electron chi connectivity index (χ3n) is 3.00. The normalized spacial score (nSPS) is 13.5. The van der Waals surface area contributed by atoms with Crippen LogP contribution in [0.1, 0.15) is 39.8 Å². The van der Waals surface area contributed by atoms with Crippen LogP contribution in [-0.4, -0.2) is 16.1 Å². The minimum absolute atomic E-state index is 0.0945. The number of amides is 1. The molecule has 1 rings (SSSR count). The van der Waals surface area contributed by atoms with Crippen molar-refractivity contribution in [3.05, 3.63) is 18.0 Å². The summed E-state index contributed by atoms with van der Waals surface area (Å²) < 4.78 is 0. The zero-order valence-corrected chi connectivity index (χ0v) is 10.5. The second-order valence-electron chi connectivity index (χ2n) is 5.33. The maximum atomic E-state index is 11.6. The number of H-pyrrole nitrogens is 1. The highest BCUT2D eigenvalue weighted by molar-refractivity contribution is 5.76. The second-order valence-corrected chi connectivity index (χ2v) is 5.33. The van der Waals surface area contributed by atoms with E-state index in [1.165, 1.54) is 0 Å². The fourth-order valence-electron chi connectivity index (χ4n) is 1.23. The van der Waals surface area contributed by atoms with Crippen molar-refractivity contribution in [3.63, 3.8) is 0 Å². The molecule has 0 bridgehead atoms. The summed E-state index contributed by atoms with van der Waals surface area (Å²) in [6.07, 6.45) is 2.25. The van der Waals surface area contributed by atoms with E-state index >= 15 is 0 Å². The Balaban J connectivity index is 2.31. The van der Waals surface area contributed by atoms with Gasteiger partial charge in [0.2, 0.25) is 5.91 Å². The summed E-state index contributed by atoms with van der Waals surface area (Å²) in [5.74, 6) is 0.464. The lowest BCUT2D eigenvalue weighted by Gasteiger charge is -2.26. The maximum absolute atomic E-state index is 11.6. The molecule has 2 N–H and O–H groups in total. The van der Waals surface area contributed by atoms with E-state index in [0.29, 0.717) is 18.9 Å². The molecule has 0 fully saturated rings. The van der Waals surface area contributed by atoms with Crippen LogP contribution < -0.4 is 5.32 Å². The van der Waals surface area contributed by atoms with Gasteiger partial charge >= 0.3 is 0 Å². The molecule has 1 atom stereocenters. The summed E-state index contributed by atoms with van der Waals surface area (Å²) in [5.41, 5.74) is 1.10. The van der Waals surface area contributed by atoms with Gasteiger partial charge in [-0.25, -0.2) is 0 Å². The average molecular weight is 223 g/mol. The first-order valence-electron chi connectivity index (χ1n) is 5.64. The van der Waals surface area contributed by atoms with Gasteiger partial charge in [0.1, 0.15) is 0 Å². The number of carbonyl (C=O) groups excluding carboxylic acids is 1. The van der Waals surface area contributed by atoms with Crippen molar-refractivity contribution in [2.45, 2.75) is 40.7 Å². The molecule has 0 spiro atoms. The number of nitrogens with one attached hydrogen (secondary N) is 2. The summed E-state index contributed by atoms with van der Waals surface area (Å²) in [4.78, 5) is 11.6. The summed E-state index contributed by atoms with van der Waals surface area (Å²) in [6, 6.07) is 1.85. The van der Waals surface area contributed by atoms with Gasteiger partial charge in [0.05, 0.1) is 12.2 Å². The van der Waals surface area contributed by atoms with Crippen molar-refractivity contribution in [2.24, 2.45) is 11.3 Å². The zero-order valence-electron chi connectivity index (χ0n) is 10.5. The Labute approximate surface area is 96.8 Å². The minimum Gasteiger partial charge on any atom is -0.350 e. The third kappa shape index (κ3) is 4.04. The molecule has 0 aliphatic rings. The lowest BCUT2D eigenvalue weighted by atomic mass is 9.80. The Morgan fingerprint density at radius 1 is 1.56 bits per heavy atom. The van der Waals surface area contributed by atoms with Gasteiger partial charge in [-0.1, -0.05) is 27.7 Å². The second kappa shape index (κ2) is 5.14. The minimum atomic E-state index is 0.0945. The number of nitrogens with zero attached hydrogens (tertiary/aromatic N) is 1. The monoisotopic (exact) mass is 223 g/mol. The molecule has 0 aliphatic heterocycles. The van der Waals surface area contributed by atoms with Gasteiger partial charge in [-0.2, -0.15) is 5.10 Å². The summed E-state index contributed by atoms with van der Waals surface area (Å²) >= 11 is 0. The molecule has 0 saturated carbocycles. The highest BCUT2D eigenvalue weighted by Crippen LogP contribution is 2.27. The summed E-state index contributed by atoms with van der Waals surface area (Å²) in [6.45, 7) is 9.09. The molecular formula is C12H21N3O. The average Bonchev–Trinajstić information content (AvgIpc) is 2.65. The van der Waals surface area contributed by atoms with E-state index in [1.807, 2.05) is 6.07 Å². The number of rotatable bonds is 4. The molecule has 4 heteroatoms. The van der Waals surface area contributed by atoms with Gasteiger partial charge in [-0.3, -0.25) is 9.89 Å². The van der Waals surface area contributed by atoms with Gasteiger partial charge in [-0.15, -0.1) is 0 Å². The lowest BCUT2D eigenvalue weighted by Crippen LogP contribution is -2.28. The Kier molecular flexibility index (Phi) is 4.10. The lowest BCUT2D eigenvalue weighted by molar-refractivity contribution is -0.122. The number of hydrogen-bond donors (Lipinski definition) is 2. The molecule has 0 radical (unpaired) electrons. The molecule has 0 saturated heterocycles. The van der Waals surface area contributed by atoms with Crippen LogP contribution in [0.2, 0.25) is 0 Å². The smallest absolute Gasteiger partial charge is 0.220 e. The number of aromatic amines is 1. The van der Waals surface area contributed by atoms with Crippen LogP contribution in [-0.2, 0) is 11.3 Å². The third-order valence-corrected chi connectivity index (χ3v) is 3.00. The molecule has 0 aliphatic carbocycles. The van der Waals surface area contributed by atoms with E-state index in [9.17, 15) is 4.79 Å². The quantitative estimate of drug-likeness (QED) is 0.821. The number of hydrogen-bond acceptors (Lipinski definition) is 2. The van der Waals surface area contributed by atoms with Crippen LogP contribution in [0, 0.1) is 11.3 Å². The molecule has 90 valence electrons. The molecule has 1 unspecified atom stereocenters. The first-order chi connectivity index (χ1) is 7.39. The van der Waals surface area contributed by atoms with Gasteiger partial charge in [0.15, 0.2) is 0 Å². The molecule has 0 aromatic carbocycles. The SMILES string of the molecule is CC(CC(=O)NCc1ccn[nH]1)C(C)(C)C. The highest BCUT2D eigenvalue weighted by Gasteiger charge is 2.22. The molecule has 16 heavy (non-hydrogen) atoms. The van der Waals surface area contributed by atoms with Crippen LogP contribution in [0.25, 0.3) is 0 Å². The number of aromatic nitrogens is 2. The highest BCUT2D eigenvalue weighted by atomic mass is 16.1. The standard InChI is InChI=1S/C12H21N3O/c1-9(12(2,3)4)7-11(16)13-8-10-5-6-14-15-10/h5-6,9H,7-8H2,1-4H3,(H,13,16)(H,14,15). The van der Waals surface area contributed by atoms with Crippen molar-refractivity contribution < 1.29 is 4.79 Å². The van der Waals surface area contributed by atoms with Gasteiger partial charge in [-0.05, 0) is 17.4 Å². The molecule has 1 heterocycles. The molecule has 1 aromatic heterocycles. The maximum Gasteiger partial charge on any atom is 0.220 e. The van der Waals surface area contributed by atoms with Crippen molar-refractivity contribution in [3.8, 4) is 0 Å². The molecule has 1 amide bonds. The van der Waals surface area contributed by atoms with Gasteiger partial charge in [0, 0.05) is 12.6 Å². The Bertz CT molecular complexity index is 325. The Morgan fingerprint density at radius 3 is 2.75 bits per heavy atom. The van der Waals surface area contributed by atoms with Crippen LogP contribution in [0.15, 0.2) is 12.3 Å². The number of carbonyl (C=O) groups is 1. The van der Waals surface area contributed by atoms with E-state index in [1.54, 1.807) is 6.20 Å². The summed E-state index contributed by atoms with van der Waals surface area (Å²) in [5, 5.41) is 9.51. The van der Waals surface area contributed by atoms with Crippen LogP contribution in [0.3, 0.4) is 0 Å². The van der Waals surface area contributed by atoms with E-state index in [0.717, 1.165) is 5.69 Å². The van der Waals surface area contributed by atoms with Crippen molar-refractivity contribution >= 4 is 5.91 Å². The Hall–Kier alpha value is -1.32. The van der Waals surface area contributed by atoms with Crippen molar-refractivity contribution in [1.29, 1.82) is 0 Å². The topological polar surface area (TPSA) is 57.8 Å². The predicted octanol–water partition coefficient (Wildman–Crippen LogP) is 2.10.